The summed E-state index contributed by atoms with van der Waals surface area (Å²) in [6.07, 6.45) is 9.47. The number of carbonyl (C=O) groups is 1. The van der Waals surface area contributed by atoms with Crippen molar-refractivity contribution in [2.45, 2.75) is 31.3 Å². The Balaban J connectivity index is 2.03. The molecule has 1 amide bonds. The summed E-state index contributed by atoms with van der Waals surface area (Å²) >= 11 is 0. The van der Waals surface area contributed by atoms with E-state index in [9.17, 15) is 4.79 Å². The smallest absolute Gasteiger partial charge is 0.248 e. The van der Waals surface area contributed by atoms with Crippen LogP contribution in [0.15, 0.2) is 34.9 Å². The highest BCUT2D eigenvalue weighted by Gasteiger charge is 2.34. The highest BCUT2D eigenvalue weighted by molar-refractivity contribution is 5.96. The van der Waals surface area contributed by atoms with Crippen LogP contribution < -0.4 is 11.1 Å². The maximum absolute atomic E-state index is 11.1. The standard InChI is InChI=1S/C12H14N2O/c13-12(15)7-4-5-11-9(6-7)8-2-1-3-10(8)14-11/h4-6,10-11,14H,1-3H2,(H2,13,15). The van der Waals surface area contributed by atoms with Gasteiger partial charge in [-0.1, -0.05) is 12.2 Å². The molecule has 3 nitrogen and oxygen atoms in total. The Labute approximate surface area is 88.7 Å². The molecule has 2 unspecified atom stereocenters. The van der Waals surface area contributed by atoms with E-state index in [-0.39, 0.29) is 5.91 Å². The fourth-order valence-electron chi connectivity index (χ4n) is 2.79. The van der Waals surface area contributed by atoms with Crippen LogP contribution in [0.2, 0.25) is 0 Å². The lowest BCUT2D eigenvalue weighted by Gasteiger charge is -2.15. The average molecular weight is 202 g/mol. The first-order valence-corrected chi connectivity index (χ1v) is 5.44. The van der Waals surface area contributed by atoms with Crippen LogP contribution in [-0.2, 0) is 4.79 Å². The van der Waals surface area contributed by atoms with Crippen molar-refractivity contribution in [3.8, 4) is 0 Å². The molecule has 0 aromatic heterocycles. The van der Waals surface area contributed by atoms with Gasteiger partial charge in [0.05, 0.1) is 6.04 Å². The topological polar surface area (TPSA) is 55.1 Å². The summed E-state index contributed by atoms with van der Waals surface area (Å²) in [5, 5.41) is 3.56. The van der Waals surface area contributed by atoms with Crippen molar-refractivity contribution in [2.24, 2.45) is 5.73 Å². The van der Waals surface area contributed by atoms with E-state index < -0.39 is 0 Å². The van der Waals surface area contributed by atoms with Crippen molar-refractivity contribution in [3.63, 3.8) is 0 Å². The van der Waals surface area contributed by atoms with Gasteiger partial charge >= 0.3 is 0 Å². The van der Waals surface area contributed by atoms with Gasteiger partial charge < -0.3 is 11.1 Å². The molecule has 3 heteroatoms. The van der Waals surface area contributed by atoms with Gasteiger partial charge in [-0.05, 0) is 36.5 Å². The maximum Gasteiger partial charge on any atom is 0.248 e. The zero-order valence-electron chi connectivity index (χ0n) is 8.49. The molecule has 1 saturated carbocycles. The number of hydrogen-bond donors (Lipinski definition) is 2. The summed E-state index contributed by atoms with van der Waals surface area (Å²) in [6.45, 7) is 0. The normalized spacial score (nSPS) is 32.7. The zero-order valence-corrected chi connectivity index (χ0v) is 8.49. The number of carbonyl (C=O) groups excluding carboxylic acids is 1. The minimum absolute atomic E-state index is 0.313. The molecule has 0 saturated heterocycles. The van der Waals surface area contributed by atoms with Crippen LogP contribution in [0.25, 0.3) is 0 Å². The van der Waals surface area contributed by atoms with Gasteiger partial charge in [0.1, 0.15) is 0 Å². The molecule has 0 aromatic rings. The van der Waals surface area contributed by atoms with E-state index in [1.807, 2.05) is 18.2 Å². The van der Waals surface area contributed by atoms with Crippen LogP contribution in [0.1, 0.15) is 19.3 Å². The van der Waals surface area contributed by atoms with Crippen molar-refractivity contribution < 1.29 is 4.79 Å². The van der Waals surface area contributed by atoms with E-state index in [0.717, 1.165) is 0 Å². The molecule has 3 aliphatic rings. The molecule has 3 rings (SSSR count). The van der Waals surface area contributed by atoms with Crippen molar-refractivity contribution in [1.82, 2.24) is 5.32 Å². The fraction of sp³-hybridized carbons (Fsp3) is 0.417. The predicted molar refractivity (Wildman–Crippen MR) is 58.0 cm³/mol. The molecule has 0 bridgehead atoms. The van der Waals surface area contributed by atoms with Gasteiger partial charge in [-0.2, -0.15) is 0 Å². The van der Waals surface area contributed by atoms with Crippen molar-refractivity contribution in [3.05, 3.63) is 34.9 Å². The average Bonchev–Trinajstić information content (AvgIpc) is 2.75. The Kier molecular flexibility index (Phi) is 1.83. The molecule has 0 spiro atoms. The third kappa shape index (κ3) is 1.27. The second-order valence-electron chi connectivity index (χ2n) is 4.39. The lowest BCUT2D eigenvalue weighted by atomic mass is 9.95. The Morgan fingerprint density at radius 1 is 1.53 bits per heavy atom. The van der Waals surface area contributed by atoms with Gasteiger partial charge in [0.25, 0.3) is 0 Å². The lowest BCUT2D eigenvalue weighted by molar-refractivity contribution is -0.114. The molecule has 15 heavy (non-hydrogen) atoms. The van der Waals surface area contributed by atoms with Gasteiger partial charge in [0.15, 0.2) is 0 Å². The zero-order chi connectivity index (χ0) is 10.4. The minimum Gasteiger partial charge on any atom is -0.366 e. The van der Waals surface area contributed by atoms with E-state index >= 15 is 0 Å². The van der Waals surface area contributed by atoms with Gasteiger partial charge in [-0.25, -0.2) is 0 Å². The molecule has 0 radical (unpaired) electrons. The van der Waals surface area contributed by atoms with E-state index in [2.05, 4.69) is 5.32 Å². The number of fused-ring (bicyclic) bond motifs is 2. The van der Waals surface area contributed by atoms with Gasteiger partial charge in [0, 0.05) is 11.6 Å². The second kappa shape index (κ2) is 3.07. The summed E-state index contributed by atoms with van der Waals surface area (Å²) in [5.74, 6) is -0.334. The summed E-state index contributed by atoms with van der Waals surface area (Å²) in [4.78, 5) is 11.1. The number of rotatable bonds is 1. The van der Waals surface area contributed by atoms with Crippen LogP contribution in [0.5, 0.6) is 0 Å². The Bertz CT molecular complexity index is 417. The number of amides is 1. The quantitative estimate of drug-likeness (QED) is 0.660. The lowest BCUT2D eigenvalue weighted by Crippen LogP contribution is -2.31. The third-order valence-corrected chi connectivity index (χ3v) is 3.51. The first kappa shape index (κ1) is 8.92. The monoisotopic (exact) mass is 202 g/mol. The molecule has 3 N–H and O–H groups in total. The predicted octanol–water partition coefficient (Wildman–Crippen LogP) is 0.789. The van der Waals surface area contributed by atoms with Gasteiger partial charge in [-0.15, -0.1) is 0 Å². The fourth-order valence-corrected chi connectivity index (χ4v) is 2.79. The van der Waals surface area contributed by atoms with E-state index in [0.29, 0.717) is 17.7 Å². The van der Waals surface area contributed by atoms with Crippen LogP contribution in [0.3, 0.4) is 0 Å². The molecule has 1 aliphatic heterocycles. The summed E-state index contributed by atoms with van der Waals surface area (Å²) in [7, 11) is 0. The van der Waals surface area contributed by atoms with Crippen LogP contribution in [0, 0.1) is 0 Å². The number of primary amides is 1. The molecular weight excluding hydrogens is 188 g/mol. The number of nitrogens with one attached hydrogen (secondary N) is 1. The van der Waals surface area contributed by atoms with Crippen LogP contribution >= 0.6 is 0 Å². The molecule has 1 fully saturated rings. The molecule has 2 aliphatic carbocycles. The Morgan fingerprint density at radius 3 is 3.20 bits per heavy atom. The molecular formula is C12H14N2O. The Hall–Kier alpha value is -1.35. The maximum atomic E-state index is 11.1. The van der Waals surface area contributed by atoms with E-state index in [1.165, 1.54) is 30.4 Å². The van der Waals surface area contributed by atoms with Crippen LogP contribution in [0.4, 0.5) is 0 Å². The number of nitrogens with two attached hydrogens (primary N) is 1. The summed E-state index contributed by atoms with van der Waals surface area (Å²) in [5.41, 5.74) is 8.69. The van der Waals surface area contributed by atoms with E-state index in [1.54, 1.807) is 0 Å². The Morgan fingerprint density at radius 2 is 2.40 bits per heavy atom. The number of hydrogen-bond acceptors (Lipinski definition) is 2. The van der Waals surface area contributed by atoms with Gasteiger partial charge in [0.2, 0.25) is 5.91 Å². The van der Waals surface area contributed by atoms with Crippen molar-refractivity contribution in [1.29, 1.82) is 0 Å². The second-order valence-corrected chi connectivity index (χ2v) is 4.39. The molecule has 0 aromatic carbocycles. The van der Waals surface area contributed by atoms with E-state index in [4.69, 9.17) is 5.73 Å². The van der Waals surface area contributed by atoms with Gasteiger partial charge in [-0.3, -0.25) is 4.79 Å². The molecule has 1 heterocycles. The van der Waals surface area contributed by atoms with Crippen molar-refractivity contribution in [2.75, 3.05) is 0 Å². The molecule has 2 atom stereocenters. The first-order valence-electron chi connectivity index (χ1n) is 5.44. The molecule has 78 valence electrons. The third-order valence-electron chi connectivity index (χ3n) is 3.51. The summed E-state index contributed by atoms with van der Waals surface area (Å²) in [6, 6.07) is 0.853. The highest BCUT2D eigenvalue weighted by atomic mass is 16.1. The highest BCUT2D eigenvalue weighted by Crippen LogP contribution is 2.37. The summed E-state index contributed by atoms with van der Waals surface area (Å²) < 4.78 is 0. The SMILES string of the molecule is NC(=O)C1=CC2=C3CCCC3NC2C=C1. The van der Waals surface area contributed by atoms with Crippen molar-refractivity contribution >= 4 is 5.91 Å². The minimum atomic E-state index is -0.334. The largest absolute Gasteiger partial charge is 0.366 e. The van der Waals surface area contributed by atoms with Crippen LogP contribution in [-0.4, -0.2) is 18.0 Å². The first-order chi connectivity index (χ1) is 7.25.